The molecule has 3 rings (SSSR count). The van der Waals surface area contributed by atoms with E-state index in [0.29, 0.717) is 17.5 Å². The molecule has 1 unspecified atom stereocenters. The van der Waals surface area contributed by atoms with Gasteiger partial charge in [-0.3, -0.25) is 9.78 Å². The number of aromatic nitrogens is 2. The molecular weight excluding hydrogens is 270 g/mol. The van der Waals surface area contributed by atoms with E-state index >= 15 is 0 Å². The van der Waals surface area contributed by atoms with E-state index in [1.54, 1.807) is 12.4 Å². The van der Waals surface area contributed by atoms with Crippen LogP contribution in [-0.2, 0) is 4.79 Å². The summed E-state index contributed by atoms with van der Waals surface area (Å²) in [5, 5.41) is 5.48. The molecule has 1 atom stereocenters. The molecule has 102 valence electrons. The molecule has 20 heavy (non-hydrogen) atoms. The van der Waals surface area contributed by atoms with Gasteiger partial charge in [0.15, 0.2) is 5.13 Å². The number of pyridine rings is 1. The fraction of sp³-hybridized carbons (Fsp3) is 0.267. The molecule has 0 fully saturated rings. The normalized spacial score (nSPS) is 17.3. The number of allylic oxidation sites excluding steroid dienone is 2. The first-order valence-corrected chi connectivity index (χ1v) is 7.51. The van der Waals surface area contributed by atoms with Crippen LogP contribution in [-0.4, -0.2) is 15.9 Å². The lowest BCUT2D eigenvalue weighted by Gasteiger charge is -2.06. The van der Waals surface area contributed by atoms with Crippen molar-refractivity contribution in [3.8, 4) is 11.3 Å². The van der Waals surface area contributed by atoms with Gasteiger partial charge in [-0.1, -0.05) is 12.2 Å². The highest BCUT2D eigenvalue weighted by Crippen LogP contribution is 2.25. The van der Waals surface area contributed by atoms with Crippen molar-refractivity contribution in [2.24, 2.45) is 5.92 Å². The molecule has 0 saturated heterocycles. The van der Waals surface area contributed by atoms with Crippen LogP contribution in [0, 0.1) is 5.92 Å². The maximum absolute atomic E-state index is 11.9. The zero-order valence-electron chi connectivity index (χ0n) is 11.0. The summed E-state index contributed by atoms with van der Waals surface area (Å²) in [5.74, 6) is 0.423. The Labute approximate surface area is 121 Å². The molecule has 4 nitrogen and oxygen atoms in total. The second kappa shape index (κ2) is 5.96. The molecule has 0 saturated carbocycles. The third-order valence-corrected chi connectivity index (χ3v) is 4.04. The Morgan fingerprint density at radius 1 is 1.40 bits per heavy atom. The molecule has 1 aliphatic rings. The second-order valence-electron chi connectivity index (χ2n) is 4.79. The molecule has 0 aromatic carbocycles. The summed E-state index contributed by atoms with van der Waals surface area (Å²) in [7, 11) is 0. The minimum absolute atomic E-state index is 0.0391. The summed E-state index contributed by atoms with van der Waals surface area (Å²) < 4.78 is 0. The first-order chi connectivity index (χ1) is 9.81. The maximum Gasteiger partial charge on any atom is 0.226 e. The predicted octanol–water partition coefficient (Wildman–Crippen LogP) is 3.50. The number of carbonyl (C=O) groups excluding carboxylic acids is 1. The van der Waals surface area contributed by atoms with Gasteiger partial charge in [0.25, 0.3) is 0 Å². The van der Waals surface area contributed by atoms with Crippen LogP contribution >= 0.6 is 11.3 Å². The van der Waals surface area contributed by atoms with Gasteiger partial charge in [-0.25, -0.2) is 4.98 Å². The van der Waals surface area contributed by atoms with Gasteiger partial charge in [-0.2, -0.15) is 0 Å². The zero-order valence-corrected chi connectivity index (χ0v) is 11.8. The van der Waals surface area contributed by atoms with Crippen molar-refractivity contribution >= 4 is 22.4 Å². The lowest BCUT2D eigenvalue weighted by Crippen LogP contribution is -2.14. The van der Waals surface area contributed by atoms with Crippen molar-refractivity contribution < 1.29 is 4.79 Å². The third-order valence-electron chi connectivity index (χ3n) is 3.29. The Hall–Kier alpha value is -2.01. The first-order valence-electron chi connectivity index (χ1n) is 6.64. The van der Waals surface area contributed by atoms with Crippen molar-refractivity contribution in [2.45, 2.75) is 19.3 Å². The summed E-state index contributed by atoms with van der Waals surface area (Å²) in [4.78, 5) is 20.3. The van der Waals surface area contributed by atoms with Gasteiger partial charge >= 0.3 is 0 Å². The smallest absolute Gasteiger partial charge is 0.226 e. The summed E-state index contributed by atoms with van der Waals surface area (Å²) >= 11 is 1.45. The Bertz CT molecular complexity index is 621. The number of amides is 1. The van der Waals surface area contributed by atoms with Gasteiger partial charge in [0.2, 0.25) is 5.91 Å². The number of hydrogen-bond acceptors (Lipinski definition) is 4. The van der Waals surface area contributed by atoms with Crippen LogP contribution in [0.4, 0.5) is 5.13 Å². The number of nitrogens with zero attached hydrogens (tertiary/aromatic N) is 2. The van der Waals surface area contributed by atoms with Gasteiger partial charge in [-0.15, -0.1) is 11.3 Å². The first kappa shape index (κ1) is 13.0. The van der Waals surface area contributed by atoms with Crippen LogP contribution < -0.4 is 5.32 Å². The quantitative estimate of drug-likeness (QED) is 0.875. The van der Waals surface area contributed by atoms with Crippen LogP contribution in [0.1, 0.15) is 19.3 Å². The summed E-state index contributed by atoms with van der Waals surface area (Å²) in [6.07, 6.45) is 10.4. The van der Waals surface area contributed by atoms with E-state index in [1.165, 1.54) is 11.3 Å². The van der Waals surface area contributed by atoms with Gasteiger partial charge in [0.05, 0.1) is 5.69 Å². The van der Waals surface area contributed by atoms with Gasteiger partial charge < -0.3 is 5.32 Å². The highest BCUT2D eigenvalue weighted by atomic mass is 32.1. The van der Waals surface area contributed by atoms with Crippen LogP contribution in [0.3, 0.4) is 0 Å². The average molecular weight is 285 g/mol. The van der Waals surface area contributed by atoms with Crippen LogP contribution in [0.5, 0.6) is 0 Å². The lowest BCUT2D eigenvalue weighted by atomic mass is 10.1. The third kappa shape index (κ3) is 3.11. The lowest BCUT2D eigenvalue weighted by molar-refractivity contribution is -0.116. The molecule has 1 aliphatic carbocycles. The van der Waals surface area contributed by atoms with E-state index in [-0.39, 0.29) is 5.91 Å². The van der Waals surface area contributed by atoms with Crippen molar-refractivity contribution in [3.05, 3.63) is 42.1 Å². The van der Waals surface area contributed by atoms with E-state index in [4.69, 9.17) is 0 Å². The topological polar surface area (TPSA) is 54.9 Å². The standard InChI is InChI=1S/C15H15N3OS/c19-14(9-11-3-1-2-4-11)18-15-17-13(10-20-15)12-5-7-16-8-6-12/h1,3,5-8,10-11H,2,4,9H2,(H,17,18,19). The zero-order chi connectivity index (χ0) is 13.8. The van der Waals surface area contributed by atoms with Crippen LogP contribution in [0.15, 0.2) is 42.1 Å². The van der Waals surface area contributed by atoms with Crippen molar-refractivity contribution in [1.82, 2.24) is 9.97 Å². The van der Waals surface area contributed by atoms with Gasteiger partial charge in [0.1, 0.15) is 0 Å². The van der Waals surface area contributed by atoms with Crippen LogP contribution in [0.2, 0.25) is 0 Å². The van der Waals surface area contributed by atoms with E-state index in [9.17, 15) is 4.79 Å². The molecule has 0 bridgehead atoms. The molecule has 2 aromatic rings. The molecule has 1 N–H and O–H groups in total. The molecule has 2 heterocycles. The van der Waals surface area contributed by atoms with E-state index in [1.807, 2.05) is 17.5 Å². The Morgan fingerprint density at radius 3 is 3.00 bits per heavy atom. The number of carbonyl (C=O) groups is 1. The van der Waals surface area contributed by atoms with Gasteiger partial charge in [0, 0.05) is 29.8 Å². The molecule has 2 aromatic heterocycles. The molecular formula is C15H15N3OS. The number of thiazole rings is 1. The number of nitrogens with one attached hydrogen (secondary N) is 1. The van der Waals surface area contributed by atoms with E-state index in [2.05, 4.69) is 27.4 Å². The summed E-state index contributed by atoms with van der Waals surface area (Å²) in [5.41, 5.74) is 1.88. The largest absolute Gasteiger partial charge is 0.302 e. The van der Waals surface area contributed by atoms with Crippen molar-refractivity contribution in [3.63, 3.8) is 0 Å². The fourth-order valence-electron chi connectivity index (χ4n) is 2.26. The van der Waals surface area contributed by atoms with E-state index in [0.717, 1.165) is 24.1 Å². The molecule has 1 amide bonds. The SMILES string of the molecule is O=C(CC1C=CCC1)Nc1nc(-c2ccncc2)cs1. The Morgan fingerprint density at radius 2 is 2.25 bits per heavy atom. The summed E-state index contributed by atoms with van der Waals surface area (Å²) in [6.45, 7) is 0. The second-order valence-corrected chi connectivity index (χ2v) is 5.65. The maximum atomic E-state index is 11.9. The van der Waals surface area contributed by atoms with Crippen molar-refractivity contribution in [1.29, 1.82) is 0 Å². The predicted molar refractivity (Wildman–Crippen MR) is 80.5 cm³/mol. The minimum atomic E-state index is 0.0391. The number of rotatable bonds is 4. The highest BCUT2D eigenvalue weighted by molar-refractivity contribution is 7.14. The monoisotopic (exact) mass is 285 g/mol. The van der Waals surface area contributed by atoms with Crippen molar-refractivity contribution in [2.75, 3.05) is 5.32 Å². The highest BCUT2D eigenvalue weighted by Gasteiger charge is 2.15. The average Bonchev–Trinajstić information content (AvgIpc) is 3.11. The summed E-state index contributed by atoms with van der Waals surface area (Å²) in [6, 6.07) is 3.81. The molecule has 0 radical (unpaired) electrons. The fourth-order valence-corrected chi connectivity index (χ4v) is 3.00. The van der Waals surface area contributed by atoms with Gasteiger partial charge in [-0.05, 0) is 30.9 Å². The number of anilines is 1. The molecule has 5 heteroatoms. The molecule has 0 spiro atoms. The number of hydrogen-bond donors (Lipinski definition) is 1. The minimum Gasteiger partial charge on any atom is -0.302 e. The Balaban J connectivity index is 1.62. The van der Waals surface area contributed by atoms with E-state index < -0.39 is 0 Å². The van der Waals surface area contributed by atoms with Crippen LogP contribution in [0.25, 0.3) is 11.3 Å². The Kier molecular flexibility index (Phi) is 3.87. The molecule has 0 aliphatic heterocycles.